The van der Waals surface area contributed by atoms with Crippen LogP contribution in [-0.2, 0) is 9.53 Å². The fraction of sp³-hybridized carbons (Fsp3) is 0.700. The highest BCUT2D eigenvalue weighted by atomic mass is 16.5. The van der Waals surface area contributed by atoms with Crippen molar-refractivity contribution < 1.29 is 9.53 Å². The topological polar surface area (TPSA) is 45.7 Å². The van der Waals surface area contributed by atoms with E-state index in [4.69, 9.17) is 4.74 Å². The van der Waals surface area contributed by atoms with Gasteiger partial charge < -0.3 is 14.5 Å². The molecule has 4 aliphatic rings. The molecule has 5 rings (SSSR count). The van der Waals surface area contributed by atoms with Gasteiger partial charge in [-0.3, -0.25) is 4.79 Å². The number of amides is 1. The number of ether oxygens (including phenoxy) is 1. The van der Waals surface area contributed by atoms with Crippen LogP contribution in [0.4, 0.5) is 5.82 Å². The Morgan fingerprint density at radius 3 is 2.56 bits per heavy atom. The highest BCUT2D eigenvalue weighted by Gasteiger charge is 2.66. The molecular formula is C20H27N3O2. The standard InChI is InChI=1S/C20H27N3O2/c1-13-6-9-21-16(10-13)22-11-15-17-14(22)12-23(15)18(24)20(7-4-5-8-20)19(2,3)25-17/h6,9-10,14-15,17H,4-5,7-8,11-12H2,1-3H3. The second kappa shape index (κ2) is 4.97. The Balaban J connectivity index is 1.50. The van der Waals surface area contributed by atoms with E-state index in [0.29, 0.717) is 5.91 Å². The highest BCUT2D eigenvalue weighted by molar-refractivity contribution is 5.86. The molecule has 5 heteroatoms. The van der Waals surface area contributed by atoms with Gasteiger partial charge in [0.05, 0.1) is 23.1 Å². The zero-order chi connectivity index (χ0) is 17.4. The maximum absolute atomic E-state index is 13.5. The van der Waals surface area contributed by atoms with Crippen LogP contribution in [0.5, 0.6) is 0 Å². The average Bonchev–Trinajstić information content (AvgIpc) is 3.27. The maximum atomic E-state index is 13.5. The smallest absolute Gasteiger partial charge is 0.232 e. The van der Waals surface area contributed by atoms with Crippen molar-refractivity contribution >= 4 is 11.7 Å². The summed E-state index contributed by atoms with van der Waals surface area (Å²) in [4.78, 5) is 22.6. The first kappa shape index (κ1) is 15.6. The van der Waals surface area contributed by atoms with Gasteiger partial charge in [-0.2, -0.15) is 0 Å². The van der Waals surface area contributed by atoms with Crippen molar-refractivity contribution in [2.24, 2.45) is 5.41 Å². The number of pyridine rings is 1. The van der Waals surface area contributed by atoms with Crippen LogP contribution < -0.4 is 4.90 Å². The number of rotatable bonds is 1. The van der Waals surface area contributed by atoms with Crippen molar-refractivity contribution in [3.8, 4) is 0 Å². The average molecular weight is 341 g/mol. The van der Waals surface area contributed by atoms with Crippen molar-refractivity contribution in [2.75, 3.05) is 18.0 Å². The summed E-state index contributed by atoms with van der Waals surface area (Å²) in [5.41, 5.74) is 0.511. The van der Waals surface area contributed by atoms with Crippen LogP contribution in [0.15, 0.2) is 18.3 Å². The molecule has 0 aromatic carbocycles. The summed E-state index contributed by atoms with van der Waals surface area (Å²) in [6.07, 6.45) is 6.21. The van der Waals surface area contributed by atoms with E-state index in [1.807, 2.05) is 12.3 Å². The minimum absolute atomic E-state index is 0.0984. The second-order valence-corrected chi connectivity index (χ2v) is 8.82. The van der Waals surface area contributed by atoms with Gasteiger partial charge in [-0.15, -0.1) is 0 Å². The van der Waals surface area contributed by atoms with E-state index in [0.717, 1.165) is 44.6 Å². The predicted molar refractivity (Wildman–Crippen MR) is 95.5 cm³/mol. The first-order chi connectivity index (χ1) is 11.9. The first-order valence-corrected chi connectivity index (χ1v) is 9.61. The highest BCUT2D eigenvalue weighted by Crippen LogP contribution is 2.55. The van der Waals surface area contributed by atoms with Gasteiger partial charge in [-0.1, -0.05) is 12.8 Å². The minimum atomic E-state index is -0.396. The normalized spacial score (nSPS) is 34.8. The van der Waals surface area contributed by atoms with Crippen LogP contribution >= 0.6 is 0 Å². The molecule has 25 heavy (non-hydrogen) atoms. The Hall–Kier alpha value is -1.62. The number of aryl methyl sites for hydroxylation is 1. The SMILES string of the molecule is Cc1ccnc(N2CC3C4OC(C)(C)C5(CCCC5)C(=O)N3CC42)c1. The number of carbonyl (C=O) groups excluding carboxylic acids is 1. The van der Waals surface area contributed by atoms with Crippen molar-refractivity contribution in [1.29, 1.82) is 0 Å². The molecule has 3 atom stereocenters. The number of hydrogen-bond donors (Lipinski definition) is 0. The van der Waals surface area contributed by atoms with Crippen molar-refractivity contribution in [1.82, 2.24) is 9.88 Å². The number of hydrogen-bond acceptors (Lipinski definition) is 4. The summed E-state index contributed by atoms with van der Waals surface area (Å²) in [5.74, 6) is 1.36. The fourth-order valence-corrected chi connectivity index (χ4v) is 5.80. The summed E-state index contributed by atoms with van der Waals surface area (Å²) in [6.45, 7) is 8.00. The van der Waals surface area contributed by atoms with E-state index in [1.54, 1.807) is 0 Å². The third-order valence-corrected chi connectivity index (χ3v) is 7.23. The van der Waals surface area contributed by atoms with Gasteiger partial charge in [-0.25, -0.2) is 4.98 Å². The molecule has 134 valence electrons. The van der Waals surface area contributed by atoms with E-state index in [2.05, 4.69) is 41.6 Å². The molecule has 1 saturated carbocycles. The molecule has 1 aromatic heterocycles. The van der Waals surface area contributed by atoms with Gasteiger partial charge in [0.2, 0.25) is 5.91 Å². The Kier molecular flexibility index (Phi) is 3.10. The molecule has 1 aliphatic carbocycles. The van der Waals surface area contributed by atoms with Gasteiger partial charge in [-0.05, 0) is 51.3 Å². The maximum Gasteiger partial charge on any atom is 0.232 e. The van der Waals surface area contributed by atoms with Gasteiger partial charge in [0.25, 0.3) is 0 Å². The molecule has 3 unspecified atom stereocenters. The number of piperazine rings is 1. The summed E-state index contributed by atoms with van der Waals surface area (Å²) in [7, 11) is 0. The molecule has 1 spiro atoms. The lowest BCUT2D eigenvalue weighted by molar-refractivity contribution is -0.166. The molecule has 3 aliphatic heterocycles. The van der Waals surface area contributed by atoms with Crippen LogP contribution in [0.1, 0.15) is 45.1 Å². The molecule has 0 N–H and O–H groups in total. The van der Waals surface area contributed by atoms with E-state index in [9.17, 15) is 4.79 Å². The predicted octanol–water partition coefficient (Wildman–Crippen LogP) is 2.53. The first-order valence-electron chi connectivity index (χ1n) is 9.61. The summed E-state index contributed by atoms with van der Waals surface area (Å²) in [5, 5.41) is 0. The fourth-order valence-electron chi connectivity index (χ4n) is 5.80. The minimum Gasteiger partial charge on any atom is -0.367 e. The number of nitrogens with zero attached hydrogens (tertiary/aromatic N) is 3. The van der Waals surface area contributed by atoms with Gasteiger partial charge in [0.1, 0.15) is 11.9 Å². The van der Waals surface area contributed by atoms with Crippen LogP contribution in [0.25, 0.3) is 0 Å². The molecular weight excluding hydrogens is 314 g/mol. The Morgan fingerprint density at radius 2 is 1.84 bits per heavy atom. The Morgan fingerprint density at radius 1 is 1.16 bits per heavy atom. The Bertz CT molecular complexity index is 725. The molecule has 1 aromatic rings. The van der Waals surface area contributed by atoms with E-state index >= 15 is 0 Å². The lowest BCUT2D eigenvalue weighted by Gasteiger charge is -2.46. The van der Waals surface area contributed by atoms with Crippen LogP contribution in [0, 0.1) is 12.3 Å². The monoisotopic (exact) mass is 341 g/mol. The lowest BCUT2D eigenvalue weighted by Crippen LogP contribution is -2.59. The summed E-state index contributed by atoms with van der Waals surface area (Å²) in [6, 6.07) is 4.55. The van der Waals surface area contributed by atoms with Crippen molar-refractivity contribution in [3.63, 3.8) is 0 Å². The molecule has 1 amide bonds. The quantitative estimate of drug-likeness (QED) is 0.787. The number of aromatic nitrogens is 1. The third kappa shape index (κ3) is 1.93. The molecule has 4 fully saturated rings. The molecule has 4 heterocycles. The number of anilines is 1. The molecule has 5 nitrogen and oxygen atoms in total. The van der Waals surface area contributed by atoms with Crippen LogP contribution in [-0.4, -0.2) is 52.7 Å². The van der Waals surface area contributed by atoms with E-state index in [-0.39, 0.29) is 23.6 Å². The van der Waals surface area contributed by atoms with Crippen molar-refractivity contribution in [2.45, 2.75) is 70.2 Å². The van der Waals surface area contributed by atoms with Gasteiger partial charge >= 0.3 is 0 Å². The zero-order valence-corrected chi connectivity index (χ0v) is 15.4. The van der Waals surface area contributed by atoms with E-state index < -0.39 is 5.60 Å². The Labute approximate surface area is 149 Å². The van der Waals surface area contributed by atoms with Gasteiger partial charge in [0.15, 0.2) is 0 Å². The molecule has 3 saturated heterocycles. The zero-order valence-electron chi connectivity index (χ0n) is 15.4. The van der Waals surface area contributed by atoms with Crippen LogP contribution in [0.2, 0.25) is 0 Å². The van der Waals surface area contributed by atoms with Crippen LogP contribution in [0.3, 0.4) is 0 Å². The van der Waals surface area contributed by atoms with Gasteiger partial charge in [0, 0.05) is 19.3 Å². The third-order valence-electron chi connectivity index (χ3n) is 7.23. The van der Waals surface area contributed by atoms with Crippen molar-refractivity contribution in [3.05, 3.63) is 23.9 Å². The molecule has 4 bridgehead atoms. The van der Waals surface area contributed by atoms with E-state index in [1.165, 1.54) is 5.56 Å². The summed E-state index contributed by atoms with van der Waals surface area (Å²) < 4.78 is 6.73. The largest absolute Gasteiger partial charge is 0.367 e. The number of carbonyl (C=O) groups is 1. The summed E-state index contributed by atoms with van der Waals surface area (Å²) >= 11 is 0. The second-order valence-electron chi connectivity index (χ2n) is 8.82. The lowest BCUT2D eigenvalue weighted by atomic mass is 9.70. The molecule has 0 radical (unpaired) electrons.